The smallest absolute Gasteiger partial charge is 0.0739 e. The molecule has 154 valence electrons. The van der Waals surface area contributed by atoms with E-state index < -0.39 is 0 Å². The summed E-state index contributed by atoms with van der Waals surface area (Å²) in [4.78, 5) is 4.02. The molecule has 0 amide bonds. The summed E-state index contributed by atoms with van der Waals surface area (Å²) in [5.41, 5.74) is 4.87. The summed E-state index contributed by atoms with van der Waals surface area (Å²) in [5.74, 6) is 1.73. The Labute approximate surface area is 182 Å². The molecule has 2 aromatic carbocycles. The zero-order valence-electron chi connectivity index (χ0n) is 17.9. The van der Waals surface area contributed by atoms with Gasteiger partial charge in [-0.15, -0.1) is 0 Å². The first-order valence-electron chi connectivity index (χ1n) is 11.6. The zero-order chi connectivity index (χ0) is 20.3. The predicted octanol–water partition coefficient (Wildman–Crippen LogP) is 9.11. The molecule has 2 aromatic rings. The van der Waals surface area contributed by atoms with Crippen molar-refractivity contribution in [2.75, 3.05) is 0 Å². The largest absolute Gasteiger partial charge is 0.195 e. The maximum atomic E-state index is 4.67. The number of isothiocyanates is 1. The van der Waals surface area contributed by atoms with E-state index in [1.807, 2.05) is 12.1 Å². The number of benzene rings is 2. The van der Waals surface area contributed by atoms with Gasteiger partial charge >= 0.3 is 0 Å². The highest BCUT2D eigenvalue weighted by atomic mass is 32.1. The highest BCUT2D eigenvalue weighted by molar-refractivity contribution is 7.78. The van der Waals surface area contributed by atoms with Gasteiger partial charge in [0.05, 0.1) is 10.8 Å². The summed E-state index contributed by atoms with van der Waals surface area (Å²) in [5, 5.41) is 2.42. The first kappa shape index (κ1) is 21.9. The van der Waals surface area contributed by atoms with Crippen molar-refractivity contribution in [3.63, 3.8) is 0 Å². The van der Waals surface area contributed by atoms with Crippen LogP contribution in [0.1, 0.15) is 89.0 Å². The molecule has 1 fully saturated rings. The lowest BCUT2D eigenvalue weighted by Gasteiger charge is -2.29. The topological polar surface area (TPSA) is 12.4 Å². The Hall–Kier alpha value is -1.76. The van der Waals surface area contributed by atoms with E-state index in [1.54, 1.807) is 0 Å². The summed E-state index contributed by atoms with van der Waals surface area (Å²) in [6, 6.07) is 17.4. The lowest BCUT2D eigenvalue weighted by atomic mass is 9.77. The van der Waals surface area contributed by atoms with Crippen molar-refractivity contribution in [1.29, 1.82) is 0 Å². The van der Waals surface area contributed by atoms with Gasteiger partial charge in [0.1, 0.15) is 0 Å². The number of rotatable bonds is 10. The zero-order valence-corrected chi connectivity index (χ0v) is 18.7. The van der Waals surface area contributed by atoms with Crippen molar-refractivity contribution in [3.8, 4) is 11.1 Å². The van der Waals surface area contributed by atoms with Gasteiger partial charge < -0.3 is 0 Å². The molecule has 1 aliphatic rings. The second kappa shape index (κ2) is 12.1. The highest BCUT2D eigenvalue weighted by Gasteiger charge is 2.22. The molecule has 0 heterocycles. The van der Waals surface area contributed by atoms with E-state index in [0.717, 1.165) is 17.5 Å². The van der Waals surface area contributed by atoms with Crippen LogP contribution in [0, 0.1) is 5.92 Å². The van der Waals surface area contributed by atoms with Gasteiger partial charge in [0, 0.05) is 0 Å². The van der Waals surface area contributed by atoms with E-state index in [0.29, 0.717) is 0 Å². The lowest BCUT2D eigenvalue weighted by Crippen LogP contribution is -2.13. The summed E-state index contributed by atoms with van der Waals surface area (Å²) < 4.78 is 0. The van der Waals surface area contributed by atoms with Crippen LogP contribution in [0.4, 0.5) is 5.69 Å². The van der Waals surface area contributed by atoms with Gasteiger partial charge in [0.25, 0.3) is 0 Å². The van der Waals surface area contributed by atoms with E-state index in [1.165, 1.54) is 87.3 Å². The lowest BCUT2D eigenvalue weighted by molar-refractivity contribution is 0.302. The third-order valence-corrected chi connectivity index (χ3v) is 6.66. The van der Waals surface area contributed by atoms with Gasteiger partial charge in [-0.05, 0) is 78.6 Å². The van der Waals surface area contributed by atoms with Crippen LogP contribution in [0.3, 0.4) is 0 Å². The van der Waals surface area contributed by atoms with Crippen LogP contribution < -0.4 is 0 Å². The molecule has 29 heavy (non-hydrogen) atoms. The average molecular weight is 406 g/mol. The van der Waals surface area contributed by atoms with Crippen molar-refractivity contribution in [3.05, 3.63) is 54.1 Å². The van der Waals surface area contributed by atoms with Gasteiger partial charge in [-0.25, -0.2) is 0 Å². The normalized spacial score (nSPS) is 18.9. The minimum atomic E-state index is 0.754. The second-order valence-corrected chi connectivity index (χ2v) is 8.83. The van der Waals surface area contributed by atoms with Crippen LogP contribution in [0.2, 0.25) is 0 Å². The van der Waals surface area contributed by atoms with Crippen molar-refractivity contribution in [2.45, 2.75) is 83.5 Å². The number of nitrogens with zero attached hydrogens (tertiary/aromatic N) is 1. The molecule has 0 atom stereocenters. The average Bonchev–Trinajstić information content (AvgIpc) is 2.78. The number of thiocarbonyl (C=S) groups is 1. The van der Waals surface area contributed by atoms with Crippen molar-refractivity contribution in [1.82, 2.24) is 0 Å². The van der Waals surface area contributed by atoms with E-state index in [-0.39, 0.29) is 0 Å². The molecule has 0 unspecified atom stereocenters. The summed E-state index contributed by atoms with van der Waals surface area (Å²) in [6.07, 6.45) is 15.6. The van der Waals surface area contributed by atoms with Gasteiger partial charge in [-0.2, -0.15) is 4.99 Å². The van der Waals surface area contributed by atoms with Crippen LogP contribution in [-0.2, 0) is 0 Å². The minimum Gasteiger partial charge on any atom is -0.195 e. The van der Waals surface area contributed by atoms with Crippen LogP contribution in [0.25, 0.3) is 11.1 Å². The SMILES string of the molecule is CCCCCCCCC1CCC(c2ccc(-c3ccc(N=C=S)cc3)cc2)CC1. The fraction of sp³-hybridized carbons (Fsp3) is 0.519. The van der Waals surface area contributed by atoms with Crippen LogP contribution in [-0.4, -0.2) is 5.16 Å². The molecule has 1 nitrogen and oxygen atoms in total. The van der Waals surface area contributed by atoms with E-state index in [2.05, 4.69) is 65.7 Å². The molecule has 1 aliphatic carbocycles. The summed E-state index contributed by atoms with van der Waals surface area (Å²) in [7, 11) is 0. The van der Waals surface area contributed by atoms with E-state index in [4.69, 9.17) is 0 Å². The number of unbranched alkanes of at least 4 members (excludes halogenated alkanes) is 5. The molecule has 1 saturated carbocycles. The second-order valence-electron chi connectivity index (χ2n) is 8.65. The first-order valence-corrected chi connectivity index (χ1v) is 12.0. The molecule has 0 aromatic heterocycles. The molecule has 0 N–H and O–H groups in total. The molecular formula is C27H35NS. The molecule has 3 rings (SSSR count). The predicted molar refractivity (Wildman–Crippen MR) is 129 cm³/mol. The molecule has 0 bridgehead atoms. The van der Waals surface area contributed by atoms with Crippen molar-refractivity contribution < 1.29 is 0 Å². The molecule has 0 saturated heterocycles. The maximum absolute atomic E-state index is 4.67. The Morgan fingerprint density at radius 1 is 0.793 bits per heavy atom. The first-order chi connectivity index (χ1) is 14.3. The monoisotopic (exact) mass is 405 g/mol. The Morgan fingerprint density at radius 2 is 1.38 bits per heavy atom. The van der Waals surface area contributed by atoms with Crippen LogP contribution in [0.15, 0.2) is 53.5 Å². The van der Waals surface area contributed by atoms with Crippen LogP contribution >= 0.6 is 12.2 Å². The fourth-order valence-electron chi connectivity index (χ4n) is 4.73. The number of hydrogen-bond acceptors (Lipinski definition) is 2. The highest BCUT2D eigenvalue weighted by Crippen LogP contribution is 2.38. The summed E-state index contributed by atoms with van der Waals surface area (Å²) in [6.45, 7) is 2.29. The third-order valence-electron chi connectivity index (χ3n) is 6.57. The van der Waals surface area contributed by atoms with Gasteiger partial charge in [-0.3, -0.25) is 0 Å². The quantitative estimate of drug-likeness (QED) is 0.218. The fourth-order valence-corrected chi connectivity index (χ4v) is 4.83. The maximum Gasteiger partial charge on any atom is 0.0739 e. The van der Waals surface area contributed by atoms with Crippen LogP contribution in [0.5, 0.6) is 0 Å². The van der Waals surface area contributed by atoms with Crippen molar-refractivity contribution >= 4 is 23.1 Å². The minimum absolute atomic E-state index is 0.754. The Balaban J connectivity index is 1.44. The summed E-state index contributed by atoms with van der Waals surface area (Å²) >= 11 is 4.67. The van der Waals surface area contributed by atoms with Gasteiger partial charge in [0.15, 0.2) is 0 Å². The molecule has 0 radical (unpaired) electrons. The molecule has 0 aliphatic heterocycles. The van der Waals surface area contributed by atoms with E-state index >= 15 is 0 Å². The number of hydrogen-bond donors (Lipinski definition) is 0. The molecular weight excluding hydrogens is 370 g/mol. The van der Waals surface area contributed by atoms with Gasteiger partial charge in [-0.1, -0.05) is 88.3 Å². The Morgan fingerprint density at radius 3 is 2.00 bits per heavy atom. The van der Waals surface area contributed by atoms with E-state index in [9.17, 15) is 0 Å². The standard InChI is InChI=1S/C27H35NS/c1-2-3-4-5-6-7-8-22-9-11-23(12-10-22)24-13-15-25(16-14-24)26-17-19-27(20-18-26)28-21-29/h13-20,22-23H,2-12H2,1H3. The Bertz CT molecular complexity index is 763. The molecule has 2 heteroatoms. The van der Waals surface area contributed by atoms with Gasteiger partial charge in [0.2, 0.25) is 0 Å². The Kier molecular flexibility index (Phi) is 9.12. The number of aliphatic imine (C=N–C) groups is 1. The third kappa shape index (κ3) is 6.91. The molecule has 0 spiro atoms. The van der Waals surface area contributed by atoms with Crippen molar-refractivity contribution in [2.24, 2.45) is 10.9 Å².